The largest absolute Gasteiger partial charge is 0.490 e. The molecule has 0 fully saturated rings. The molecule has 0 atom stereocenters. The molecular formula is C96H158N4O6. The smallest absolute Gasteiger partial charge is 0.203 e. The summed E-state index contributed by atoms with van der Waals surface area (Å²) in [6.07, 6.45) is 83.4. The van der Waals surface area contributed by atoms with Crippen molar-refractivity contribution in [1.29, 1.82) is 0 Å². The van der Waals surface area contributed by atoms with Crippen LogP contribution < -0.4 is 28.4 Å². The van der Waals surface area contributed by atoms with Gasteiger partial charge in [0.25, 0.3) is 0 Å². The van der Waals surface area contributed by atoms with E-state index in [9.17, 15) is 0 Å². The van der Waals surface area contributed by atoms with Crippen LogP contribution in [0.5, 0.6) is 34.5 Å². The van der Waals surface area contributed by atoms with E-state index in [4.69, 9.17) is 48.4 Å². The summed E-state index contributed by atoms with van der Waals surface area (Å²) in [7, 11) is 0. The van der Waals surface area contributed by atoms with Gasteiger partial charge >= 0.3 is 0 Å². The van der Waals surface area contributed by atoms with Crippen LogP contribution in [0.2, 0.25) is 0 Å². The highest BCUT2D eigenvalue weighted by atomic mass is 16.5. The Balaban J connectivity index is 1.54. The van der Waals surface area contributed by atoms with E-state index in [-0.39, 0.29) is 0 Å². The minimum Gasteiger partial charge on any atom is -0.490 e. The Hall–Kier alpha value is -5.48. The normalized spacial score (nSPS) is 11.2. The lowest BCUT2D eigenvalue weighted by Crippen LogP contribution is -2.07. The van der Waals surface area contributed by atoms with Gasteiger partial charge in [0, 0.05) is 11.1 Å². The minimum atomic E-state index is 0.551. The maximum Gasteiger partial charge on any atom is 0.203 e. The zero-order chi connectivity index (χ0) is 75.2. The van der Waals surface area contributed by atoms with Crippen LogP contribution in [-0.2, 0) is 0 Å². The molecule has 0 spiro atoms. The highest BCUT2D eigenvalue weighted by Crippen LogP contribution is 2.41. The fourth-order valence-electron chi connectivity index (χ4n) is 13.9. The topological polar surface area (TPSA) is 107 Å². The van der Waals surface area contributed by atoms with E-state index < -0.39 is 0 Å². The molecule has 0 aliphatic heterocycles. The summed E-state index contributed by atoms with van der Waals surface area (Å²) in [5.74, 6) is 17.7. The molecule has 0 radical (unpaired) electrons. The van der Waals surface area contributed by atoms with Crippen molar-refractivity contribution in [3.63, 3.8) is 0 Å². The van der Waals surface area contributed by atoms with E-state index in [1.165, 1.54) is 308 Å². The Morgan fingerprint density at radius 1 is 0.198 bits per heavy atom. The third kappa shape index (κ3) is 48.8. The minimum absolute atomic E-state index is 0.551. The molecule has 0 amide bonds. The number of hydrogen-bond acceptors (Lipinski definition) is 10. The van der Waals surface area contributed by atoms with Gasteiger partial charge in [-0.25, -0.2) is 19.9 Å². The van der Waals surface area contributed by atoms with Crippen molar-refractivity contribution >= 4 is 0 Å². The average Bonchev–Trinajstić information content (AvgIpc) is 0.831. The van der Waals surface area contributed by atoms with Crippen LogP contribution in [0, 0.1) is 23.7 Å². The van der Waals surface area contributed by atoms with Gasteiger partial charge in [0.05, 0.1) is 64.4 Å². The zero-order valence-corrected chi connectivity index (χ0v) is 69.5. The summed E-state index contributed by atoms with van der Waals surface area (Å²) in [6, 6.07) is 8.15. The monoisotopic (exact) mass is 1460 g/mol. The van der Waals surface area contributed by atoms with E-state index in [0.717, 1.165) is 88.2 Å². The zero-order valence-electron chi connectivity index (χ0n) is 69.5. The number of ether oxygens (including phenoxy) is 6. The highest BCUT2D eigenvalue weighted by molar-refractivity contribution is 5.60. The van der Waals surface area contributed by atoms with Crippen LogP contribution in [0.25, 0.3) is 11.4 Å². The van der Waals surface area contributed by atoms with Crippen molar-refractivity contribution in [2.24, 2.45) is 0 Å². The molecule has 0 aliphatic rings. The number of aromatic nitrogens is 4. The van der Waals surface area contributed by atoms with Gasteiger partial charge in [0.1, 0.15) is 22.8 Å². The Morgan fingerprint density at radius 3 is 0.557 bits per heavy atom. The molecule has 0 bridgehead atoms. The Kier molecular flexibility index (Phi) is 60.3. The van der Waals surface area contributed by atoms with Crippen LogP contribution >= 0.6 is 0 Å². The first kappa shape index (κ1) is 92.9. The van der Waals surface area contributed by atoms with Crippen molar-refractivity contribution in [1.82, 2.24) is 19.9 Å². The number of unbranched alkanes of at least 4 members (excludes halogenated alkanes) is 54. The molecular weight excluding hydrogens is 1310 g/mol. The predicted octanol–water partition coefficient (Wildman–Crippen LogP) is 29.5. The molecule has 106 heavy (non-hydrogen) atoms. The standard InChI is InChI=1S/C96H158N4O6/c1-7-13-19-25-31-37-43-49-55-61-71-101-91-77-85(78-92(102-72-62-56-50-44-38-32-26-20-14-8-2)95(91)105-75-65-59-53-47-41-35-29-23-17-11-5)67-69-87-81-99-89(83-97-87)90-84-98-88(82-100-90)70-68-86-79-93(103-73-63-57-51-45-39-33-27-21-15-9-3)96(106-76-66-60-54-48-42-36-30-24-18-12-6)94(80-86)104-74-64-58-52-46-40-34-28-22-16-10-4/h77-84H,7-66,71-76H2,1-6H3. The van der Waals surface area contributed by atoms with Crippen LogP contribution in [-0.4, -0.2) is 59.6 Å². The Bertz CT molecular complexity index is 2500. The van der Waals surface area contributed by atoms with Gasteiger partial charge in [0.15, 0.2) is 23.0 Å². The van der Waals surface area contributed by atoms with Crippen molar-refractivity contribution in [3.05, 3.63) is 71.6 Å². The lowest BCUT2D eigenvalue weighted by molar-refractivity contribution is 0.234. The van der Waals surface area contributed by atoms with Crippen molar-refractivity contribution in [3.8, 4) is 69.6 Å². The van der Waals surface area contributed by atoms with Crippen molar-refractivity contribution in [2.75, 3.05) is 39.6 Å². The van der Waals surface area contributed by atoms with Crippen LogP contribution in [0.1, 0.15) is 449 Å². The number of nitrogens with zero attached hydrogens (tertiary/aromatic N) is 4. The van der Waals surface area contributed by atoms with E-state index in [1.807, 2.05) is 24.3 Å². The second-order valence-corrected chi connectivity index (χ2v) is 30.9. The predicted molar refractivity (Wildman–Crippen MR) is 452 cm³/mol. The van der Waals surface area contributed by atoms with E-state index in [0.29, 0.717) is 96.9 Å². The highest BCUT2D eigenvalue weighted by Gasteiger charge is 2.19. The molecule has 0 aliphatic carbocycles. The maximum atomic E-state index is 6.71. The summed E-state index contributed by atoms with van der Waals surface area (Å²) >= 11 is 0. The van der Waals surface area contributed by atoms with Crippen LogP contribution in [0.15, 0.2) is 49.1 Å². The number of hydrogen-bond donors (Lipinski definition) is 0. The van der Waals surface area contributed by atoms with Gasteiger partial charge in [-0.05, 0) is 74.6 Å². The van der Waals surface area contributed by atoms with Crippen LogP contribution in [0.3, 0.4) is 0 Å². The molecule has 598 valence electrons. The summed E-state index contributed by atoms with van der Waals surface area (Å²) in [4.78, 5) is 19.1. The first-order valence-corrected chi connectivity index (χ1v) is 45.3. The quantitative estimate of drug-likeness (QED) is 0.0313. The SMILES string of the molecule is CCCCCCCCCCCCOc1cc(C#Cc2cnc(-c3cnc(C#Cc4cc(OCCCCCCCCCCCC)c(OCCCCCCCCCCCC)c(OCCCCCCCCCCCC)c4)cn3)cn2)cc(OCCCCCCCCCCCC)c1OCCCCCCCCCCCC. The second kappa shape index (κ2) is 68.8. The molecule has 2 aromatic carbocycles. The molecule has 2 heterocycles. The fraction of sp³-hybridized carbons (Fsp3) is 0.750. The van der Waals surface area contributed by atoms with Crippen molar-refractivity contribution in [2.45, 2.75) is 427 Å². The molecule has 10 nitrogen and oxygen atoms in total. The Labute approximate surface area is 652 Å². The van der Waals surface area contributed by atoms with Gasteiger partial charge in [-0.2, -0.15) is 0 Å². The molecule has 0 saturated carbocycles. The first-order valence-electron chi connectivity index (χ1n) is 45.3. The maximum absolute atomic E-state index is 6.71. The van der Waals surface area contributed by atoms with Gasteiger partial charge in [-0.3, -0.25) is 0 Å². The van der Waals surface area contributed by atoms with Crippen LogP contribution in [0.4, 0.5) is 0 Å². The summed E-state index contributed by atoms with van der Waals surface area (Å²) in [5.41, 5.74) is 3.90. The van der Waals surface area contributed by atoms with E-state index >= 15 is 0 Å². The summed E-state index contributed by atoms with van der Waals surface area (Å²) < 4.78 is 40.2. The third-order valence-corrected chi connectivity index (χ3v) is 20.8. The second-order valence-electron chi connectivity index (χ2n) is 30.9. The summed E-state index contributed by atoms with van der Waals surface area (Å²) in [6.45, 7) is 17.5. The molecule has 2 aromatic heterocycles. The molecule has 0 unspecified atom stereocenters. The van der Waals surface area contributed by atoms with Gasteiger partial charge in [-0.15, -0.1) is 0 Å². The number of rotatable bonds is 73. The molecule has 10 heteroatoms. The Morgan fingerprint density at radius 2 is 0.377 bits per heavy atom. The van der Waals surface area contributed by atoms with Crippen molar-refractivity contribution < 1.29 is 28.4 Å². The molecule has 0 saturated heterocycles. The fourth-order valence-corrected chi connectivity index (χ4v) is 13.9. The molecule has 0 N–H and O–H groups in total. The molecule has 4 rings (SSSR count). The first-order chi connectivity index (χ1) is 52.5. The van der Waals surface area contributed by atoms with E-state index in [1.54, 1.807) is 24.8 Å². The molecule has 4 aromatic rings. The number of benzene rings is 2. The third-order valence-electron chi connectivity index (χ3n) is 20.8. The van der Waals surface area contributed by atoms with E-state index in [2.05, 4.69) is 65.2 Å². The lowest BCUT2D eigenvalue weighted by Gasteiger charge is -2.18. The lowest BCUT2D eigenvalue weighted by atomic mass is 10.1. The van der Waals surface area contributed by atoms with Gasteiger partial charge < -0.3 is 28.4 Å². The van der Waals surface area contributed by atoms with Gasteiger partial charge in [-0.1, -0.05) is 400 Å². The summed E-state index contributed by atoms with van der Waals surface area (Å²) in [5, 5.41) is 0. The average molecular weight is 1460 g/mol. The van der Waals surface area contributed by atoms with Gasteiger partial charge in [0.2, 0.25) is 11.5 Å².